The Balaban J connectivity index is 1.76. The zero-order chi connectivity index (χ0) is 26.3. The average Bonchev–Trinajstić information content (AvgIpc) is 3.47. The van der Waals surface area contributed by atoms with Crippen molar-refractivity contribution in [2.45, 2.75) is 40.2 Å². The molecule has 2 aromatic heterocycles. The minimum atomic E-state index is -0.768. The van der Waals surface area contributed by atoms with E-state index in [4.69, 9.17) is 13.9 Å². The summed E-state index contributed by atoms with van der Waals surface area (Å²) in [7, 11) is 0. The number of benzene rings is 2. The van der Waals surface area contributed by atoms with Crippen LogP contribution in [0.2, 0.25) is 0 Å². The van der Waals surface area contributed by atoms with Crippen molar-refractivity contribution < 1.29 is 18.7 Å². The fraction of sp³-hybridized carbons (Fsp3) is 0.286. The van der Waals surface area contributed by atoms with E-state index in [2.05, 4.69) is 16.8 Å². The first-order valence-electron chi connectivity index (χ1n) is 12.1. The maximum Gasteiger partial charge on any atom is 0.297 e. The van der Waals surface area contributed by atoms with Crippen molar-refractivity contribution in [1.82, 2.24) is 10.2 Å². The molecule has 0 saturated heterocycles. The monoisotopic (exact) mass is 517 g/mol. The largest absolute Gasteiger partial charge is 0.490 e. The summed E-state index contributed by atoms with van der Waals surface area (Å²) in [6.07, 6.45) is 2.33. The Kier molecular flexibility index (Phi) is 6.55. The lowest BCUT2D eigenvalue weighted by molar-refractivity contribution is 0.0970. The molecule has 0 fully saturated rings. The number of fused-ring (bicyclic) bond motifs is 2. The van der Waals surface area contributed by atoms with Crippen molar-refractivity contribution in [2.75, 3.05) is 18.1 Å². The summed E-state index contributed by atoms with van der Waals surface area (Å²) in [6, 6.07) is 8.25. The van der Waals surface area contributed by atoms with E-state index in [1.807, 2.05) is 39.8 Å². The number of hydrogen-bond acceptors (Lipinski definition) is 8. The zero-order valence-corrected chi connectivity index (χ0v) is 22.0. The van der Waals surface area contributed by atoms with Gasteiger partial charge in [-0.3, -0.25) is 14.5 Å². The summed E-state index contributed by atoms with van der Waals surface area (Å²) >= 11 is 1.32. The number of carbonyl (C=O) groups excluding carboxylic acids is 1. The van der Waals surface area contributed by atoms with Gasteiger partial charge in [0.1, 0.15) is 17.2 Å². The van der Waals surface area contributed by atoms with Crippen LogP contribution >= 0.6 is 11.3 Å². The normalized spacial score (nSPS) is 14.8. The zero-order valence-electron chi connectivity index (χ0n) is 21.2. The van der Waals surface area contributed by atoms with Gasteiger partial charge in [-0.2, -0.15) is 0 Å². The van der Waals surface area contributed by atoms with Crippen LogP contribution in [0.3, 0.4) is 0 Å². The number of anilines is 1. The summed E-state index contributed by atoms with van der Waals surface area (Å²) in [5.41, 5.74) is 3.03. The van der Waals surface area contributed by atoms with Gasteiger partial charge >= 0.3 is 0 Å². The lowest BCUT2D eigenvalue weighted by atomic mass is 9.97. The second kappa shape index (κ2) is 9.82. The van der Waals surface area contributed by atoms with E-state index in [1.54, 1.807) is 24.3 Å². The maximum absolute atomic E-state index is 13.9. The predicted molar refractivity (Wildman–Crippen MR) is 143 cm³/mol. The molecule has 1 aliphatic rings. The van der Waals surface area contributed by atoms with Crippen LogP contribution in [0, 0.1) is 13.8 Å². The second-order valence-corrected chi connectivity index (χ2v) is 9.80. The fourth-order valence-electron chi connectivity index (χ4n) is 4.46. The molecule has 1 unspecified atom stereocenters. The van der Waals surface area contributed by atoms with Crippen LogP contribution in [0.1, 0.15) is 57.7 Å². The fourth-order valence-corrected chi connectivity index (χ4v) is 5.26. The van der Waals surface area contributed by atoms with Gasteiger partial charge < -0.3 is 13.9 Å². The highest BCUT2D eigenvalue weighted by atomic mass is 32.1. The quantitative estimate of drug-likeness (QED) is 0.283. The molecule has 0 saturated carbocycles. The Morgan fingerprint density at radius 1 is 1.08 bits per heavy atom. The first kappa shape index (κ1) is 24.7. The number of nitrogens with zero attached hydrogens (tertiary/aromatic N) is 3. The summed E-state index contributed by atoms with van der Waals surface area (Å²) in [4.78, 5) is 29.2. The van der Waals surface area contributed by atoms with Gasteiger partial charge in [-0.15, -0.1) is 10.2 Å². The van der Waals surface area contributed by atoms with E-state index in [-0.39, 0.29) is 16.8 Å². The molecule has 8 nitrogen and oxygen atoms in total. The van der Waals surface area contributed by atoms with Crippen molar-refractivity contribution in [3.05, 3.63) is 86.2 Å². The third-order valence-electron chi connectivity index (χ3n) is 6.39. The second-order valence-electron chi connectivity index (χ2n) is 8.76. The van der Waals surface area contributed by atoms with Crippen LogP contribution in [-0.2, 0) is 6.42 Å². The van der Waals surface area contributed by atoms with Crippen LogP contribution in [0.25, 0.3) is 11.0 Å². The molecule has 1 atom stereocenters. The molecule has 2 aromatic carbocycles. The highest BCUT2D eigenvalue weighted by Gasteiger charge is 2.45. The number of ether oxygens (including phenoxy) is 2. The van der Waals surface area contributed by atoms with Crippen molar-refractivity contribution in [2.24, 2.45) is 0 Å². The van der Waals surface area contributed by atoms with Crippen LogP contribution in [0.15, 0.2) is 52.2 Å². The molecule has 1 aliphatic heterocycles. The van der Waals surface area contributed by atoms with Gasteiger partial charge in [0.05, 0.1) is 23.6 Å². The Morgan fingerprint density at radius 3 is 2.57 bits per heavy atom. The van der Waals surface area contributed by atoms with Crippen molar-refractivity contribution in [3.8, 4) is 11.5 Å². The molecule has 9 heteroatoms. The minimum Gasteiger partial charge on any atom is -0.490 e. The van der Waals surface area contributed by atoms with Gasteiger partial charge in [0.2, 0.25) is 10.9 Å². The van der Waals surface area contributed by atoms with Gasteiger partial charge in [-0.25, -0.2) is 0 Å². The summed E-state index contributed by atoms with van der Waals surface area (Å²) in [5, 5.41) is 10.1. The highest BCUT2D eigenvalue weighted by molar-refractivity contribution is 7.15. The Labute approximate surface area is 218 Å². The number of aryl methyl sites for hydroxylation is 3. The molecular weight excluding hydrogens is 490 g/mol. The molecule has 0 bridgehead atoms. The molecule has 1 amide bonds. The van der Waals surface area contributed by atoms with Crippen molar-refractivity contribution in [3.63, 3.8) is 0 Å². The van der Waals surface area contributed by atoms with E-state index in [0.29, 0.717) is 52.8 Å². The van der Waals surface area contributed by atoms with Crippen molar-refractivity contribution >= 4 is 33.3 Å². The lowest BCUT2D eigenvalue weighted by Gasteiger charge is -2.23. The molecule has 0 aliphatic carbocycles. The van der Waals surface area contributed by atoms with Crippen molar-refractivity contribution in [1.29, 1.82) is 0 Å². The molecule has 0 radical (unpaired) electrons. The Morgan fingerprint density at radius 2 is 1.86 bits per heavy atom. The third-order valence-corrected chi connectivity index (χ3v) is 7.46. The lowest BCUT2D eigenvalue weighted by Crippen LogP contribution is -2.29. The molecule has 190 valence electrons. The summed E-state index contributed by atoms with van der Waals surface area (Å²) in [6.45, 7) is 12.2. The van der Waals surface area contributed by atoms with E-state index in [0.717, 1.165) is 16.1 Å². The molecular formula is C28H27N3O5S. The SMILES string of the molecule is C=CCOc1ccc(C2c3c(oc4cc(C)c(C)cc4c3=O)C(=O)N2c2nnc(CC)s2)cc1OCC. The maximum atomic E-state index is 13.9. The summed E-state index contributed by atoms with van der Waals surface area (Å²) in [5.74, 6) is 0.637. The number of aromatic nitrogens is 2. The summed E-state index contributed by atoms with van der Waals surface area (Å²) < 4.78 is 17.7. The third kappa shape index (κ3) is 4.19. The average molecular weight is 518 g/mol. The minimum absolute atomic E-state index is 0.0175. The predicted octanol–water partition coefficient (Wildman–Crippen LogP) is 5.54. The Bertz CT molecular complexity index is 1590. The van der Waals surface area contributed by atoms with E-state index in [9.17, 15) is 9.59 Å². The number of amides is 1. The topological polar surface area (TPSA) is 94.8 Å². The first-order valence-corrected chi connectivity index (χ1v) is 12.9. The van der Waals surface area contributed by atoms with Gasteiger partial charge in [-0.1, -0.05) is 37.0 Å². The van der Waals surface area contributed by atoms with E-state index < -0.39 is 11.9 Å². The van der Waals surface area contributed by atoms with E-state index >= 15 is 0 Å². The smallest absolute Gasteiger partial charge is 0.297 e. The van der Waals surface area contributed by atoms with Gasteiger partial charge in [-0.05, 0) is 68.1 Å². The molecule has 3 heterocycles. The molecule has 5 rings (SSSR count). The Hall–Kier alpha value is -3.98. The standard InChI is InChI=1S/C28H27N3O5S/c1-6-11-35-19-10-9-17(14-21(19)34-8-3)24-23-25(32)18-12-15(4)16(5)13-20(18)36-26(23)27(33)31(24)28-30-29-22(7-2)37-28/h6,9-10,12-14,24H,1,7-8,11H2,2-5H3. The number of carbonyl (C=O) groups is 1. The number of hydrogen-bond donors (Lipinski definition) is 0. The van der Waals surface area contributed by atoms with Crippen LogP contribution < -0.4 is 19.8 Å². The molecule has 37 heavy (non-hydrogen) atoms. The molecule has 0 spiro atoms. The highest BCUT2D eigenvalue weighted by Crippen LogP contribution is 2.44. The van der Waals surface area contributed by atoms with E-state index in [1.165, 1.54) is 16.2 Å². The van der Waals surface area contributed by atoms with Crippen LogP contribution in [0.4, 0.5) is 5.13 Å². The number of rotatable bonds is 8. The van der Waals surface area contributed by atoms with Crippen LogP contribution in [-0.4, -0.2) is 29.3 Å². The van der Waals surface area contributed by atoms with Gasteiger partial charge in [0, 0.05) is 0 Å². The van der Waals surface area contributed by atoms with Crippen LogP contribution in [0.5, 0.6) is 11.5 Å². The van der Waals surface area contributed by atoms with Gasteiger partial charge in [0.25, 0.3) is 5.91 Å². The molecule has 0 N–H and O–H groups in total. The van der Waals surface area contributed by atoms with Gasteiger partial charge in [0.15, 0.2) is 16.9 Å². The first-order chi connectivity index (χ1) is 17.9. The molecule has 4 aromatic rings.